The number of hydrogen-bond donors (Lipinski definition) is 1. The third kappa shape index (κ3) is 6.32. The topological polar surface area (TPSA) is 57.5 Å². The average molecular weight is 320 g/mol. The van der Waals surface area contributed by atoms with Crippen molar-refractivity contribution >= 4 is 11.6 Å². The van der Waals surface area contributed by atoms with Gasteiger partial charge in [-0.25, -0.2) is 0 Å². The Labute approximate surface area is 131 Å². The molecule has 6 nitrogen and oxygen atoms in total. The molecule has 7 heteroatoms. The van der Waals surface area contributed by atoms with E-state index in [4.69, 9.17) is 25.8 Å². The molecule has 1 N–H and O–H groups in total. The zero-order valence-electron chi connectivity index (χ0n) is 13.1. The maximum Gasteiger partial charge on any atom is 0.0835 e. The predicted octanol–water partition coefficient (Wildman–Crippen LogP) is 1.89. The number of rotatable bonds is 12. The highest BCUT2D eigenvalue weighted by Gasteiger charge is 2.20. The van der Waals surface area contributed by atoms with Crippen LogP contribution in [0.15, 0.2) is 6.20 Å². The van der Waals surface area contributed by atoms with Gasteiger partial charge in [0.2, 0.25) is 0 Å². The van der Waals surface area contributed by atoms with Crippen LogP contribution >= 0.6 is 11.6 Å². The maximum atomic E-state index is 6.29. The first kappa shape index (κ1) is 18.4. The van der Waals surface area contributed by atoms with Crippen LogP contribution in [0, 0.1) is 0 Å². The minimum absolute atomic E-state index is 0.00802. The van der Waals surface area contributed by atoms with E-state index in [0.29, 0.717) is 38.0 Å². The molecule has 0 saturated heterocycles. The molecule has 1 aromatic heterocycles. The van der Waals surface area contributed by atoms with Gasteiger partial charge in [0.15, 0.2) is 0 Å². The monoisotopic (exact) mass is 319 g/mol. The highest BCUT2D eigenvalue weighted by atomic mass is 35.5. The number of nitrogens with one attached hydrogen (secondary N) is 1. The molecule has 1 heterocycles. The molecule has 0 aromatic carbocycles. The zero-order valence-corrected chi connectivity index (χ0v) is 13.9. The lowest BCUT2D eigenvalue weighted by molar-refractivity contribution is 0.0571. The molecule has 0 saturated carbocycles. The Morgan fingerprint density at radius 1 is 1.29 bits per heavy atom. The molecule has 21 heavy (non-hydrogen) atoms. The lowest BCUT2D eigenvalue weighted by atomic mass is 10.2. The van der Waals surface area contributed by atoms with Crippen molar-refractivity contribution in [1.29, 1.82) is 0 Å². The van der Waals surface area contributed by atoms with Crippen LogP contribution < -0.4 is 5.32 Å². The normalized spacial score (nSPS) is 12.8. The van der Waals surface area contributed by atoms with Gasteiger partial charge < -0.3 is 19.5 Å². The average Bonchev–Trinajstić information content (AvgIpc) is 2.85. The van der Waals surface area contributed by atoms with Crippen molar-refractivity contribution in [2.75, 3.05) is 47.2 Å². The summed E-state index contributed by atoms with van der Waals surface area (Å²) in [7, 11) is 3.33. The van der Waals surface area contributed by atoms with Gasteiger partial charge in [-0.2, -0.15) is 5.10 Å². The van der Waals surface area contributed by atoms with Crippen LogP contribution in [-0.4, -0.2) is 57.0 Å². The van der Waals surface area contributed by atoms with Crippen LogP contribution in [0.25, 0.3) is 0 Å². The number of hydrogen-bond acceptors (Lipinski definition) is 5. The molecule has 1 unspecified atom stereocenters. The number of halogens is 1. The van der Waals surface area contributed by atoms with Gasteiger partial charge in [0.05, 0.1) is 55.9 Å². The van der Waals surface area contributed by atoms with Crippen LogP contribution in [0.1, 0.15) is 25.1 Å². The molecule has 1 rings (SSSR count). The highest BCUT2D eigenvalue weighted by Crippen LogP contribution is 2.23. The molecule has 122 valence electrons. The number of nitrogens with zero attached hydrogens (tertiary/aromatic N) is 2. The van der Waals surface area contributed by atoms with Crippen molar-refractivity contribution in [1.82, 2.24) is 15.1 Å². The third-order valence-corrected chi connectivity index (χ3v) is 3.32. The molecule has 0 aliphatic carbocycles. The van der Waals surface area contributed by atoms with Gasteiger partial charge in [0, 0.05) is 14.2 Å². The molecule has 0 bridgehead atoms. The summed E-state index contributed by atoms with van der Waals surface area (Å²) >= 11 is 6.29. The molecule has 1 aromatic rings. The summed E-state index contributed by atoms with van der Waals surface area (Å²) in [6, 6.07) is 0.00802. The second-order valence-corrected chi connectivity index (χ2v) is 5.08. The fourth-order valence-corrected chi connectivity index (χ4v) is 2.24. The van der Waals surface area contributed by atoms with Crippen LogP contribution in [-0.2, 0) is 20.8 Å². The van der Waals surface area contributed by atoms with Gasteiger partial charge >= 0.3 is 0 Å². The van der Waals surface area contributed by atoms with Gasteiger partial charge in [-0.05, 0) is 13.0 Å². The molecule has 0 aliphatic heterocycles. The lowest BCUT2D eigenvalue weighted by Gasteiger charge is -2.20. The molecular weight excluding hydrogens is 294 g/mol. The summed E-state index contributed by atoms with van der Waals surface area (Å²) in [6.07, 6.45) is 2.71. The molecule has 0 aliphatic rings. The SMILES string of the molecule is CCCNC(COCCOC)c1c(Cl)cnn1CCOC. The smallest absolute Gasteiger partial charge is 0.0835 e. The van der Waals surface area contributed by atoms with E-state index in [1.807, 2.05) is 4.68 Å². The Balaban J connectivity index is 2.73. The number of aromatic nitrogens is 2. The minimum Gasteiger partial charge on any atom is -0.383 e. The van der Waals surface area contributed by atoms with E-state index >= 15 is 0 Å². The van der Waals surface area contributed by atoms with E-state index in [1.165, 1.54) is 0 Å². The summed E-state index contributed by atoms with van der Waals surface area (Å²) < 4.78 is 17.6. The van der Waals surface area contributed by atoms with Crippen LogP contribution in [0.4, 0.5) is 0 Å². The van der Waals surface area contributed by atoms with Crippen molar-refractivity contribution in [2.45, 2.75) is 25.9 Å². The maximum absolute atomic E-state index is 6.29. The standard InChI is InChI=1S/C14H26ClN3O3/c1-4-5-16-13(11-21-9-8-20-3)14-12(15)10-17-18(14)6-7-19-2/h10,13,16H,4-9,11H2,1-3H3. The summed E-state index contributed by atoms with van der Waals surface area (Å²) in [5.74, 6) is 0. The second-order valence-electron chi connectivity index (χ2n) is 4.67. The van der Waals surface area contributed by atoms with E-state index in [9.17, 15) is 0 Å². The fourth-order valence-electron chi connectivity index (χ4n) is 1.97. The molecule has 1 atom stereocenters. The highest BCUT2D eigenvalue weighted by molar-refractivity contribution is 6.31. The molecular formula is C14H26ClN3O3. The Hall–Kier alpha value is -0.660. The molecule has 0 spiro atoms. The molecule has 0 amide bonds. The third-order valence-electron chi connectivity index (χ3n) is 3.03. The van der Waals surface area contributed by atoms with E-state index in [0.717, 1.165) is 18.7 Å². The Morgan fingerprint density at radius 3 is 2.71 bits per heavy atom. The van der Waals surface area contributed by atoms with Crippen LogP contribution in [0.3, 0.4) is 0 Å². The van der Waals surface area contributed by atoms with E-state index < -0.39 is 0 Å². The summed E-state index contributed by atoms with van der Waals surface area (Å²) in [5, 5.41) is 8.41. The first-order chi connectivity index (χ1) is 10.2. The van der Waals surface area contributed by atoms with Crippen molar-refractivity contribution in [3.8, 4) is 0 Å². The number of ether oxygens (including phenoxy) is 3. The van der Waals surface area contributed by atoms with Gasteiger partial charge in [-0.15, -0.1) is 0 Å². The lowest BCUT2D eigenvalue weighted by Crippen LogP contribution is -2.30. The summed E-state index contributed by atoms with van der Waals surface area (Å²) in [6.45, 7) is 5.95. The summed E-state index contributed by atoms with van der Waals surface area (Å²) in [5.41, 5.74) is 0.944. The number of methoxy groups -OCH3 is 2. The predicted molar refractivity (Wildman–Crippen MR) is 82.8 cm³/mol. The fraction of sp³-hybridized carbons (Fsp3) is 0.786. The van der Waals surface area contributed by atoms with Crippen LogP contribution in [0.5, 0.6) is 0 Å². The Morgan fingerprint density at radius 2 is 2.05 bits per heavy atom. The zero-order chi connectivity index (χ0) is 15.5. The quantitative estimate of drug-likeness (QED) is 0.596. The van der Waals surface area contributed by atoms with Crippen molar-refractivity contribution in [3.63, 3.8) is 0 Å². The molecule has 0 fully saturated rings. The largest absolute Gasteiger partial charge is 0.383 e. The van der Waals surface area contributed by atoms with Gasteiger partial charge in [0.1, 0.15) is 0 Å². The van der Waals surface area contributed by atoms with Crippen molar-refractivity contribution in [3.05, 3.63) is 16.9 Å². The Kier molecular flexibility index (Phi) is 9.62. The van der Waals surface area contributed by atoms with Gasteiger partial charge in [-0.3, -0.25) is 4.68 Å². The second kappa shape index (κ2) is 11.0. The first-order valence-electron chi connectivity index (χ1n) is 7.24. The molecule has 0 radical (unpaired) electrons. The van der Waals surface area contributed by atoms with E-state index in [-0.39, 0.29) is 6.04 Å². The minimum atomic E-state index is 0.00802. The van der Waals surface area contributed by atoms with Crippen molar-refractivity contribution < 1.29 is 14.2 Å². The summed E-state index contributed by atoms with van der Waals surface area (Å²) in [4.78, 5) is 0. The van der Waals surface area contributed by atoms with Crippen LogP contribution in [0.2, 0.25) is 5.02 Å². The van der Waals surface area contributed by atoms with E-state index in [2.05, 4.69) is 17.3 Å². The van der Waals surface area contributed by atoms with Crippen molar-refractivity contribution in [2.24, 2.45) is 0 Å². The Bertz CT molecular complexity index is 388. The van der Waals surface area contributed by atoms with Gasteiger partial charge in [0.25, 0.3) is 0 Å². The van der Waals surface area contributed by atoms with Gasteiger partial charge in [-0.1, -0.05) is 18.5 Å². The first-order valence-corrected chi connectivity index (χ1v) is 7.62. The van der Waals surface area contributed by atoms with E-state index in [1.54, 1.807) is 20.4 Å².